The van der Waals surface area contributed by atoms with Crippen molar-refractivity contribution < 1.29 is 4.74 Å². The molecular formula is C14H30N2O. The number of hydrogen-bond acceptors (Lipinski definition) is 3. The molecule has 3 atom stereocenters. The van der Waals surface area contributed by atoms with Gasteiger partial charge in [0, 0.05) is 19.1 Å². The molecular weight excluding hydrogens is 212 g/mol. The van der Waals surface area contributed by atoms with Gasteiger partial charge in [0.1, 0.15) is 0 Å². The number of nitrogens with zero attached hydrogens (tertiary/aromatic N) is 1. The molecule has 1 N–H and O–H groups in total. The van der Waals surface area contributed by atoms with Crippen molar-refractivity contribution in [3.63, 3.8) is 0 Å². The zero-order valence-corrected chi connectivity index (χ0v) is 12.0. The summed E-state index contributed by atoms with van der Waals surface area (Å²) in [5.74, 6) is 0. The topological polar surface area (TPSA) is 24.5 Å². The van der Waals surface area contributed by atoms with Gasteiger partial charge in [-0.3, -0.25) is 0 Å². The highest BCUT2D eigenvalue weighted by atomic mass is 16.5. The summed E-state index contributed by atoms with van der Waals surface area (Å²) >= 11 is 0. The van der Waals surface area contributed by atoms with Crippen LogP contribution in [-0.4, -0.2) is 49.8 Å². The maximum Gasteiger partial charge on any atom is 0.0707 e. The predicted octanol–water partition coefficient (Wildman–Crippen LogP) is 2.26. The Balaban J connectivity index is 2.20. The second-order valence-corrected chi connectivity index (χ2v) is 5.34. The minimum Gasteiger partial charge on any atom is -0.372 e. The molecule has 17 heavy (non-hydrogen) atoms. The van der Waals surface area contributed by atoms with Crippen LogP contribution in [0.15, 0.2) is 0 Å². The average Bonchev–Trinajstić information content (AvgIpc) is 2.74. The van der Waals surface area contributed by atoms with E-state index in [1.54, 1.807) is 0 Å². The van der Waals surface area contributed by atoms with Gasteiger partial charge >= 0.3 is 0 Å². The Labute approximate surface area is 107 Å². The number of likely N-dealkylation sites (N-methyl/N-ethyl adjacent to an activating group) is 2. The van der Waals surface area contributed by atoms with Crippen molar-refractivity contribution in [2.45, 2.75) is 64.7 Å². The van der Waals surface area contributed by atoms with E-state index in [1.807, 2.05) is 0 Å². The van der Waals surface area contributed by atoms with Crippen molar-refractivity contribution in [1.29, 1.82) is 0 Å². The summed E-state index contributed by atoms with van der Waals surface area (Å²) in [5.41, 5.74) is 0. The summed E-state index contributed by atoms with van der Waals surface area (Å²) < 4.78 is 6.06. The second-order valence-electron chi connectivity index (χ2n) is 5.34. The van der Waals surface area contributed by atoms with Crippen molar-refractivity contribution in [2.24, 2.45) is 0 Å². The first-order valence-corrected chi connectivity index (χ1v) is 7.23. The van der Waals surface area contributed by atoms with Gasteiger partial charge in [-0.05, 0) is 39.8 Å². The van der Waals surface area contributed by atoms with Crippen molar-refractivity contribution in [1.82, 2.24) is 10.2 Å². The first-order valence-electron chi connectivity index (χ1n) is 7.23. The van der Waals surface area contributed by atoms with Gasteiger partial charge in [0.25, 0.3) is 0 Å². The SMILES string of the molecule is CCCC(C)N(C)CC1CCC(CNCC)O1. The third kappa shape index (κ3) is 5.36. The number of hydrogen-bond donors (Lipinski definition) is 1. The van der Waals surface area contributed by atoms with Crippen LogP contribution < -0.4 is 5.32 Å². The van der Waals surface area contributed by atoms with Gasteiger partial charge in [-0.2, -0.15) is 0 Å². The van der Waals surface area contributed by atoms with Crippen molar-refractivity contribution in [2.75, 3.05) is 26.7 Å². The van der Waals surface area contributed by atoms with E-state index < -0.39 is 0 Å². The molecule has 0 aromatic heterocycles. The maximum absolute atomic E-state index is 6.06. The first kappa shape index (κ1) is 14.9. The van der Waals surface area contributed by atoms with Gasteiger partial charge in [-0.25, -0.2) is 0 Å². The normalized spacial score (nSPS) is 26.6. The molecule has 0 aliphatic carbocycles. The first-order chi connectivity index (χ1) is 8.17. The molecule has 102 valence electrons. The Morgan fingerprint density at radius 1 is 1.29 bits per heavy atom. The molecule has 0 amide bonds. The molecule has 1 rings (SSSR count). The number of rotatable bonds is 8. The van der Waals surface area contributed by atoms with Crippen molar-refractivity contribution in [3.8, 4) is 0 Å². The highest BCUT2D eigenvalue weighted by molar-refractivity contribution is 4.78. The lowest BCUT2D eigenvalue weighted by Gasteiger charge is -2.27. The largest absolute Gasteiger partial charge is 0.372 e. The minimum absolute atomic E-state index is 0.440. The van der Waals surface area contributed by atoms with Crippen LogP contribution in [0.1, 0.15) is 46.5 Å². The Morgan fingerprint density at radius 3 is 2.65 bits per heavy atom. The number of ether oxygens (including phenoxy) is 1. The van der Waals surface area contributed by atoms with Gasteiger partial charge in [0.05, 0.1) is 12.2 Å². The van der Waals surface area contributed by atoms with E-state index in [0.717, 1.165) is 19.6 Å². The third-order valence-corrected chi connectivity index (χ3v) is 3.77. The van der Waals surface area contributed by atoms with E-state index >= 15 is 0 Å². The van der Waals surface area contributed by atoms with Crippen LogP contribution in [0.4, 0.5) is 0 Å². The van der Waals surface area contributed by atoms with Crippen LogP contribution in [-0.2, 0) is 4.74 Å². The molecule has 1 saturated heterocycles. The Kier molecular flexibility index (Phi) is 7.09. The van der Waals surface area contributed by atoms with Crippen LogP contribution >= 0.6 is 0 Å². The van der Waals surface area contributed by atoms with E-state index in [4.69, 9.17) is 4.74 Å². The van der Waals surface area contributed by atoms with Crippen LogP contribution in [0.5, 0.6) is 0 Å². The van der Waals surface area contributed by atoms with E-state index in [0.29, 0.717) is 18.2 Å². The average molecular weight is 242 g/mol. The van der Waals surface area contributed by atoms with Gasteiger partial charge in [-0.1, -0.05) is 20.3 Å². The fourth-order valence-corrected chi connectivity index (χ4v) is 2.51. The monoisotopic (exact) mass is 242 g/mol. The highest BCUT2D eigenvalue weighted by Crippen LogP contribution is 2.20. The van der Waals surface area contributed by atoms with E-state index in [1.165, 1.54) is 25.7 Å². The fraction of sp³-hybridized carbons (Fsp3) is 1.00. The fourth-order valence-electron chi connectivity index (χ4n) is 2.51. The molecule has 3 nitrogen and oxygen atoms in total. The minimum atomic E-state index is 0.440. The second kappa shape index (κ2) is 8.06. The molecule has 3 unspecified atom stereocenters. The van der Waals surface area contributed by atoms with E-state index in [-0.39, 0.29) is 0 Å². The molecule has 0 aromatic carbocycles. The smallest absolute Gasteiger partial charge is 0.0707 e. The summed E-state index contributed by atoms with van der Waals surface area (Å²) in [7, 11) is 2.22. The van der Waals surface area contributed by atoms with E-state index in [9.17, 15) is 0 Å². The molecule has 1 fully saturated rings. The molecule has 0 bridgehead atoms. The van der Waals surface area contributed by atoms with E-state index in [2.05, 4.69) is 38.0 Å². The Morgan fingerprint density at radius 2 is 2.00 bits per heavy atom. The van der Waals surface area contributed by atoms with Gasteiger partial charge in [-0.15, -0.1) is 0 Å². The van der Waals surface area contributed by atoms with Crippen LogP contribution in [0.25, 0.3) is 0 Å². The van der Waals surface area contributed by atoms with Gasteiger partial charge in [0.2, 0.25) is 0 Å². The van der Waals surface area contributed by atoms with Crippen LogP contribution in [0.2, 0.25) is 0 Å². The molecule has 1 aliphatic heterocycles. The molecule has 0 aromatic rings. The van der Waals surface area contributed by atoms with Crippen LogP contribution in [0.3, 0.4) is 0 Å². The van der Waals surface area contributed by atoms with Crippen molar-refractivity contribution in [3.05, 3.63) is 0 Å². The summed E-state index contributed by atoms with van der Waals surface area (Å²) in [5, 5.41) is 3.37. The molecule has 0 saturated carbocycles. The van der Waals surface area contributed by atoms with Gasteiger partial charge < -0.3 is 15.0 Å². The lowest BCUT2D eigenvalue weighted by molar-refractivity contribution is 0.0214. The van der Waals surface area contributed by atoms with Crippen LogP contribution in [0, 0.1) is 0 Å². The zero-order valence-electron chi connectivity index (χ0n) is 12.0. The Bertz CT molecular complexity index is 199. The van der Waals surface area contributed by atoms with Gasteiger partial charge in [0.15, 0.2) is 0 Å². The molecule has 0 radical (unpaired) electrons. The quantitative estimate of drug-likeness (QED) is 0.706. The lowest BCUT2D eigenvalue weighted by Crippen LogP contribution is -2.36. The molecule has 1 heterocycles. The molecule has 0 spiro atoms. The summed E-state index contributed by atoms with van der Waals surface area (Å²) in [6.45, 7) is 9.85. The summed E-state index contributed by atoms with van der Waals surface area (Å²) in [4.78, 5) is 2.45. The number of nitrogens with one attached hydrogen (secondary N) is 1. The molecule has 3 heteroatoms. The third-order valence-electron chi connectivity index (χ3n) is 3.77. The summed E-state index contributed by atoms with van der Waals surface area (Å²) in [6.07, 6.45) is 5.87. The predicted molar refractivity (Wildman–Crippen MR) is 73.4 cm³/mol. The molecule has 1 aliphatic rings. The summed E-state index contributed by atoms with van der Waals surface area (Å²) in [6, 6.07) is 0.677. The lowest BCUT2D eigenvalue weighted by atomic mass is 10.1. The standard InChI is InChI=1S/C14H30N2O/c1-5-7-12(3)16(4)11-14-9-8-13(17-14)10-15-6-2/h12-15H,5-11H2,1-4H3. The highest BCUT2D eigenvalue weighted by Gasteiger charge is 2.26. The zero-order chi connectivity index (χ0) is 12.7. The Hall–Kier alpha value is -0.120. The maximum atomic E-state index is 6.06. The van der Waals surface area contributed by atoms with Crippen molar-refractivity contribution >= 4 is 0 Å².